The normalized spacial score (nSPS) is 18.1. The topological polar surface area (TPSA) is 60.4 Å². The van der Waals surface area contributed by atoms with E-state index in [0.717, 1.165) is 63.6 Å². The van der Waals surface area contributed by atoms with E-state index in [2.05, 4.69) is 19.9 Å². The lowest BCUT2D eigenvalue weighted by Gasteiger charge is -2.38. The van der Waals surface area contributed by atoms with Crippen LogP contribution in [0.3, 0.4) is 0 Å². The second-order valence-electron chi connectivity index (χ2n) is 8.15. The fourth-order valence-corrected chi connectivity index (χ4v) is 3.94. The average Bonchev–Trinajstić information content (AvgIpc) is 2.71. The monoisotopic (exact) mass is 437 g/mol. The molecule has 0 spiro atoms. The Kier molecular flexibility index (Phi) is 8.45. The third-order valence-electron chi connectivity index (χ3n) is 5.99. The molecule has 3 rings (SSSR count). The van der Waals surface area contributed by atoms with Crippen molar-refractivity contribution in [3.05, 3.63) is 29.8 Å². The Morgan fingerprint density at radius 3 is 2.45 bits per heavy atom. The first kappa shape index (κ1) is 23.2. The highest BCUT2D eigenvalue weighted by Gasteiger charge is 2.31. The lowest BCUT2D eigenvalue weighted by atomic mass is 9.84. The quantitative estimate of drug-likeness (QED) is 0.499. The Morgan fingerprint density at radius 2 is 1.90 bits per heavy atom. The standard InChI is InChI=1S/C22H33F2N5O2/c1-25-22(27(2)16-17-6-8-19(9-7-17)31-21(23)24)26-10-11-28-12-14-29(15-13-28)20(30)18-4-3-5-18/h6-9,18,21H,3-5,10-16H2,1-2H3,(H,25,26). The van der Waals surface area contributed by atoms with Crippen LogP contribution in [0.15, 0.2) is 29.3 Å². The van der Waals surface area contributed by atoms with Crippen LogP contribution in [0, 0.1) is 5.92 Å². The molecule has 9 heteroatoms. The molecule has 1 aromatic rings. The molecule has 2 aliphatic rings. The third-order valence-corrected chi connectivity index (χ3v) is 5.99. The Morgan fingerprint density at radius 1 is 1.23 bits per heavy atom. The van der Waals surface area contributed by atoms with Crippen molar-refractivity contribution >= 4 is 11.9 Å². The minimum atomic E-state index is -2.82. The van der Waals surface area contributed by atoms with E-state index in [1.165, 1.54) is 6.42 Å². The molecular weight excluding hydrogens is 404 g/mol. The number of amides is 1. The summed E-state index contributed by atoms with van der Waals surface area (Å²) < 4.78 is 28.9. The number of carbonyl (C=O) groups is 1. The van der Waals surface area contributed by atoms with E-state index in [1.807, 2.05) is 16.8 Å². The number of ether oxygens (including phenoxy) is 1. The van der Waals surface area contributed by atoms with Gasteiger partial charge in [-0.3, -0.25) is 14.7 Å². The van der Waals surface area contributed by atoms with Crippen LogP contribution in [0.5, 0.6) is 5.75 Å². The fraction of sp³-hybridized carbons (Fsp3) is 0.636. The summed E-state index contributed by atoms with van der Waals surface area (Å²) in [5.74, 6) is 1.55. The lowest BCUT2D eigenvalue weighted by Crippen LogP contribution is -2.52. The minimum absolute atomic E-state index is 0.151. The summed E-state index contributed by atoms with van der Waals surface area (Å²) in [6.07, 6.45) is 3.31. The Labute approximate surface area is 183 Å². The molecule has 1 amide bonds. The van der Waals surface area contributed by atoms with Crippen molar-refractivity contribution < 1.29 is 18.3 Å². The van der Waals surface area contributed by atoms with Gasteiger partial charge in [0, 0.05) is 65.8 Å². The molecule has 0 bridgehead atoms. The van der Waals surface area contributed by atoms with Gasteiger partial charge in [0.25, 0.3) is 0 Å². The SMILES string of the molecule is CN=C(NCCN1CCN(C(=O)C2CCC2)CC1)N(C)Cc1ccc(OC(F)F)cc1. The highest BCUT2D eigenvalue weighted by Crippen LogP contribution is 2.28. The molecule has 172 valence electrons. The highest BCUT2D eigenvalue weighted by molar-refractivity contribution is 5.80. The maximum atomic E-state index is 12.4. The molecule has 1 heterocycles. The van der Waals surface area contributed by atoms with Gasteiger partial charge in [0.15, 0.2) is 5.96 Å². The van der Waals surface area contributed by atoms with Gasteiger partial charge in [-0.25, -0.2) is 0 Å². The number of guanidine groups is 1. The molecule has 0 atom stereocenters. The summed E-state index contributed by atoms with van der Waals surface area (Å²) in [5.41, 5.74) is 0.972. The van der Waals surface area contributed by atoms with Crippen LogP contribution in [0.1, 0.15) is 24.8 Å². The van der Waals surface area contributed by atoms with Gasteiger partial charge >= 0.3 is 6.61 Å². The molecule has 31 heavy (non-hydrogen) atoms. The van der Waals surface area contributed by atoms with Crippen LogP contribution >= 0.6 is 0 Å². The molecule has 1 aliphatic carbocycles. The predicted octanol–water partition coefficient (Wildman–Crippen LogP) is 2.24. The number of aliphatic imine (C=N–C) groups is 1. The number of piperazine rings is 1. The predicted molar refractivity (Wildman–Crippen MR) is 116 cm³/mol. The average molecular weight is 438 g/mol. The van der Waals surface area contributed by atoms with Crippen LogP contribution in [-0.4, -0.2) is 86.5 Å². The smallest absolute Gasteiger partial charge is 0.387 e. The van der Waals surface area contributed by atoms with Crippen molar-refractivity contribution in [1.29, 1.82) is 0 Å². The minimum Gasteiger partial charge on any atom is -0.435 e. The summed E-state index contributed by atoms with van der Waals surface area (Å²) in [5, 5.41) is 3.37. The van der Waals surface area contributed by atoms with Crippen molar-refractivity contribution in [3.8, 4) is 5.75 Å². The van der Waals surface area contributed by atoms with Crippen molar-refractivity contribution in [1.82, 2.24) is 20.0 Å². The van der Waals surface area contributed by atoms with E-state index >= 15 is 0 Å². The summed E-state index contributed by atoms with van der Waals surface area (Å²) in [7, 11) is 3.67. The van der Waals surface area contributed by atoms with Gasteiger partial charge in [0.2, 0.25) is 5.91 Å². The third kappa shape index (κ3) is 6.78. The van der Waals surface area contributed by atoms with Gasteiger partial charge in [0.1, 0.15) is 5.75 Å². The van der Waals surface area contributed by atoms with Crippen LogP contribution < -0.4 is 10.1 Å². The number of benzene rings is 1. The number of alkyl halides is 2. The zero-order valence-corrected chi connectivity index (χ0v) is 18.4. The van der Waals surface area contributed by atoms with E-state index in [1.54, 1.807) is 31.3 Å². The van der Waals surface area contributed by atoms with Gasteiger partial charge in [-0.1, -0.05) is 18.6 Å². The van der Waals surface area contributed by atoms with Gasteiger partial charge in [-0.15, -0.1) is 0 Å². The van der Waals surface area contributed by atoms with Crippen LogP contribution in [-0.2, 0) is 11.3 Å². The molecule has 0 radical (unpaired) electrons. The molecule has 1 aliphatic heterocycles. The van der Waals surface area contributed by atoms with Crippen molar-refractivity contribution in [2.24, 2.45) is 10.9 Å². The zero-order valence-electron chi connectivity index (χ0n) is 18.4. The van der Waals surface area contributed by atoms with Gasteiger partial charge in [0.05, 0.1) is 0 Å². The first-order valence-electron chi connectivity index (χ1n) is 10.9. The summed E-state index contributed by atoms with van der Waals surface area (Å²) >= 11 is 0. The fourth-order valence-electron chi connectivity index (χ4n) is 3.94. The Bertz CT molecular complexity index is 732. The molecule has 1 aromatic carbocycles. The van der Waals surface area contributed by atoms with Crippen molar-refractivity contribution in [2.75, 3.05) is 53.4 Å². The van der Waals surface area contributed by atoms with Crippen molar-refractivity contribution in [2.45, 2.75) is 32.4 Å². The summed E-state index contributed by atoms with van der Waals surface area (Å²) in [4.78, 5) is 23.1. The Hall–Kier alpha value is -2.42. The highest BCUT2D eigenvalue weighted by atomic mass is 19.3. The molecule has 0 unspecified atom stereocenters. The number of hydrogen-bond donors (Lipinski definition) is 1. The van der Waals surface area contributed by atoms with Crippen LogP contribution in [0.2, 0.25) is 0 Å². The number of nitrogens with zero attached hydrogens (tertiary/aromatic N) is 4. The maximum absolute atomic E-state index is 12.4. The van der Waals surface area contributed by atoms with E-state index in [4.69, 9.17) is 0 Å². The molecule has 2 fully saturated rings. The number of halogens is 2. The van der Waals surface area contributed by atoms with E-state index in [-0.39, 0.29) is 11.7 Å². The largest absolute Gasteiger partial charge is 0.435 e. The molecule has 7 nitrogen and oxygen atoms in total. The van der Waals surface area contributed by atoms with Gasteiger partial charge in [-0.05, 0) is 30.5 Å². The summed E-state index contributed by atoms with van der Waals surface area (Å²) in [6.45, 7) is 2.86. The first-order valence-corrected chi connectivity index (χ1v) is 10.9. The zero-order chi connectivity index (χ0) is 22.2. The molecule has 0 aromatic heterocycles. The second-order valence-corrected chi connectivity index (χ2v) is 8.15. The number of nitrogens with one attached hydrogen (secondary N) is 1. The van der Waals surface area contributed by atoms with Crippen LogP contribution in [0.25, 0.3) is 0 Å². The molecule has 1 saturated heterocycles. The van der Waals surface area contributed by atoms with E-state index in [0.29, 0.717) is 12.5 Å². The molecular formula is C22H33F2N5O2. The first-order chi connectivity index (χ1) is 15.0. The molecule has 1 saturated carbocycles. The Balaban J connectivity index is 1.36. The maximum Gasteiger partial charge on any atom is 0.387 e. The second kappa shape index (κ2) is 11.3. The number of rotatable bonds is 8. The van der Waals surface area contributed by atoms with E-state index < -0.39 is 6.61 Å². The number of hydrogen-bond acceptors (Lipinski definition) is 4. The van der Waals surface area contributed by atoms with Crippen molar-refractivity contribution in [3.63, 3.8) is 0 Å². The van der Waals surface area contributed by atoms with Crippen LogP contribution in [0.4, 0.5) is 8.78 Å². The lowest BCUT2D eigenvalue weighted by molar-refractivity contribution is -0.139. The van der Waals surface area contributed by atoms with Gasteiger partial charge in [-0.2, -0.15) is 8.78 Å². The number of carbonyl (C=O) groups excluding carboxylic acids is 1. The molecule has 1 N–H and O–H groups in total. The van der Waals surface area contributed by atoms with Gasteiger partial charge < -0.3 is 19.9 Å². The summed E-state index contributed by atoms with van der Waals surface area (Å²) in [6, 6.07) is 6.62. The van der Waals surface area contributed by atoms with E-state index in [9.17, 15) is 13.6 Å².